The van der Waals surface area contributed by atoms with E-state index in [0.29, 0.717) is 18.4 Å². The molecule has 0 spiro atoms. The number of hydrogen-bond donors (Lipinski definition) is 1. The summed E-state index contributed by atoms with van der Waals surface area (Å²) in [5.41, 5.74) is 1.95. The highest BCUT2D eigenvalue weighted by atomic mass is 32.1. The van der Waals surface area contributed by atoms with Gasteiger partial charge in [-0.25, -0.2) is 0 Å². The quantitative estimate of drug-likeness (QED) is 0.904. The number of amides is 1. The van der Waals surface area contributed by atoms with Crippen LogP contribution in [0.25, 0.3) is 0 Å². The second-order valence-corrected chi connectivity index (χ2v) is 7.45. The molecule has 0 saturated carbocycles. The molecule has 0 aromatic carbocycles. The molecule has 0 radical (unpaired) electrons. The third kappa shape index (κ3) is 3.41. The lowest BCUT2D eigenvalue weighted by Crippen LogP contribution is -2.45. The Morgan fingerprint density at radius 3 is 3.17 bits per heavy atom. The number of piperidine rings is 1. The van der Waals surface area contributed by atoms with Gasteiger partial charge in [-0.2, -0.15) is 11.3 Å². The van der Waals surface area contributed by atoms with Crippen molar-refractivity contribution in [3.8, 4) is 0 Å². The van der Waals surface area contributed by atoms with Gasteiger partial charge in [-0.15, -0.1) is 0 Å². The van der Waals surface area contributed by atoms with Gasteiger partial charge >= 0.3 is 0 Å². The van der Waals surface area contributed by atoms with Crippen LogP contribution in [0.3, 0.4) is 0 Å². The molecule has 6 heteroatoms. The summed E-state index contributed by atoms with van der Waals surface area (Å²) in [6.45, 7) is 4.46. The van der Waals surface area contributed by atoms with Gasteiger partial charge in [0.1, 0.15) is 0 Å². The van der Waals surface area contributed by atoms with Gasteiger partial charge in [0.05, 0.1) is 25.2 Å². The van der Waals surface area contributed by atoms with E-state index < -0.39 is 0 Å². The topological polar surface area (TPSA) is 54.7 Å². The molecule has 2 aliphatic rings. The van der Waals surface area contributed by atoms with E-state index in [4.69, 9.17) is 9.15 Å². The van der Waals surface area contributed by atoms with E-state index in [0.717, 1.165) is 38.2 Å². The van der Waals surface area contributed by atoms with E-state index >= 15 is 0 Å². The minimum absolute atomic E-state index is 0.00522. The van der Waals surface area contributed by atoms with Crippen molar-refractivity contribution in [1.82, 2.24) is 10.2 Å². The molecular weight excluding hydrogens is 324 g/mol. The Bertz CT molecular complexity index is 656. The van der Waals surface area contributed by atoms with Crippen LogP contribution in [0, 0.1) is 11.8 Å². The Morgan fingerprint density at radius 2 is 2.38 bits per heavy atom. The number of nitrogens with one attached hydrogen (secondary N) is 1. The monoisotopic (exact) mass is 346 g/mol. The first-order valence-electron chi connectivity index (χ1n) is 8.45. The van der Waals surface area contributed by atoms with Crippen LogP contribution in [0.1, 0.15) is 22.3 Å². The molecule has 1 N–H and O–H groups in total. The number of likely N-dealkylation sites (tertiary alicyclic amines) is 1. The van der Waals surface area contributed by atoms with Gasteiger partial charge in [-0.05, 0) is 36.4 Å². The number of hydrogen-bond acceptors (Lipinski definition) is 5. The molecule has 2 aromatic rings. The molecule has 2 fully saturated rings. The number of carbonyl (C=O) groups is 1. The smallest absolute Gasteiger partial charge is 0.252 e. The molecule has 2 aliphatic heterocycles. The van der Waals surface area contributed by atoms with Crippen LogP contribution in [0.15, 0.2) is 39.8 Å². The molecule has 24 heavy (non-hydrogen) atoms. The zero-order chi connectivity index (χ0) is 16.4. The second kappa shape index (κ2) is 7.09. The highest BCUT2D eigenvalue weighted by Gasteiger charge is 2.40. The first kappa shape index (κ1) is 15.9. The number of nitrogens with zero attached hydrogens (tertiary/aromatic N) is 1. The number of carbonyl (C=O) groups excluding carboxylic acids is 1. The number of thiophene rings is 1. The average Bonchev–Trinajstić information content (AvgIpc) is 3.34. The Morgan fingerprint density at radius 1 is 1.42 bits per heavy atom. The predicted octanol–water partition coefficient (Wildman–Crippen LogP) is 2.61. The van der Waals surface area contributed by atoms with Gasteiger partial charge in [-0.1, -0.05) is 0 Å². The number of furan rings is 1. The Balaban J connectivity index is 1.32. The fourth-order valence-electron chi connectivity index (χ4n) is 3.78. The fourth-order valence-corrected chi connectivity index (χ4v) is 4.42. The molecule has 3 atom stereocenters. The van der Waals surface area contributed by atoms with Gasteiger partial charge in [0.15, 0.2) is 0 Å². The molecule has 1 amide bonds. The van der Waals surface area contributed by atoms with Gasteiger partial charge in [-0.3, -0.25) is 9.69 Å². The van der Waals surface area contributed by atoms with E-state index in [2.05, 4.69) is 10.2 Å². The van der Waals surface area contributed by atoms with Crippen molar-refractivity contribution in [3.63, 3.8) is 0 Å². The summed E-state index contributed by atoms with van der Waals surface area (Å²) in [7, 11) is 0. The maximum absolute atomic E-state index is 12.1. The van der Waals surface area contributed by atoms with Crippen molar-refractivity contribution in [2.75, 3.05) is 26.2 Å². The molecule has 5 nitrogen and oxygen atoms in total. The fraction of sp³-hybridized carbons (Fsp3) is 0.500. The zero-order valence-corrected chi connectivity index (χ0v) is 14.3. The largest absolute Gasteiger partial charge is 0.472 e. The molecule has 0 aliphatic carbocycles. The van der Waals surface area contributed by atoms with E-state index in [1.54, 1.807) is 6.26 Å². The normalized spacial score (nSPS) is 27.1. The second-order valence-electron chi connectivity index (χ2n) is 6.67. The number of ether oxygens (including phenoxy) is 1. The molecule has 4 rings (SSSR count). The summed E-state index contributed by atoms with van der Waals surface area (Å²) in [5, 5.41) is 6.83. The minimum atomic E-state index is -0.00522. The van der Waals surface area contributed by atoms with Gasteiger partial charge in [0.2, 0.25) is 0 Å². The third-order valence-electron chi connectivity index (χ3n) is 5.13. The van der Waals surface area contributed by atoms with Crippen LogP contribution in [-0.4, -0.2) is 43.2 Å². The molecular formula is C18H22N2O3S. The lowest BCUT2D eigenvalue weighted by molar-refractivity contribution is 0.0677. The minimum Gasteiger partial charge on any atom is -0.472 e. The number of rotatable bonds is 5. The summed E-state index contributed by atoms with van der Waals surface area (Å²) < 4.78 is 11.2. The van der Waals surface area contributed by atoms with Gasteiger partial charge < -0.3 is 14.5 Å². The van der Waals surface area contributed by atoms with Crippen LogP contribution >= 0.6 is 11.3 Å². The van der Waals surface area contributed by atoms with Crippen LogP contribution in [0.5, 0.6) is 0 Å². The molecule has 2 saturated heterocycles. The van der Waals surface area contributed by atoms with Crippen molar-refractivity contribution in [1.29, 1.82) is 0 Å². The maximum Gasteiger partial charge on any atom is 0.252 e. The first-order chi connectivity index (χ1) is 11.8. The van der Waals surface area contributed by atoms with Crippen molar-refractivity contribution in [2.24, 2.45) is 11.8 Å². The van der Waals surface area contributed by atoms with Crippen molar-refractivity contribution in [3.05, 3.63) is 46.5 Å². The van der Waals surface area contributed by atoms with Crippen LogP contribution in [-0.2, 0) is 11.3 Å². The lowest BCUT2D eigenvalue weighted by atomic mass is 9.84. The lowest BCUT2D eigenvalue weighted by Gasteiger charge is -2.35. The van der Waals surface area contributed by atoms with Crippen LogP contribution < -0.4 is 5.32 Å². The Hall–Kier alpha value is -1.63. The van der Waals surface area contributed by atoms with Gasteiger partial charge in [0, 0.05) is 42.1 Å². The van der Waals surface area contributed by atoms with Crippen LogP contribution in [0.4, 0.5) is 0 Å². The molecule has 128 valence electrons. The standard InChI is InChI=1S/C18H22N2O3S/c21-18(15-3-6-24-12-15)19-7-17-16-9-20(4-1-14(16)11-23-17)8-13-2-5-22-10-13/h2-3,5-6,10,12,14,16-17H,1,4,7-9,11H2,(H,19,21)/t14-,16-,17+/m0/s1. The SMILES string of the molecule is O=C(NC[C@H]1OC[C@@H]2CCN(Cc3ccoc3)C[C@@H]21)c1ccsc1. The summed E-state index contributed by atoms with van der Waals surface area (Å²) >= 11 is 1.54. The molecule has 0 bridgehead atoms. The summed E-state index contributed by atoms with van der Waals surface area (Å²) in [4.78, 5) is 14.6. The van der Waals surface area contributed by atoms with Crippen molar-refractivity contribution < 1.29 is 13.9 Å². The van der Waals surface area contributed by atoms with E-state index in [9.17, 15) is 4.79 Å². The average molecular weight is 346 g/mol. The molecule has 0 unspecified atom stereocenters. The highest BCUT2D eigenvalue weighted by molar-refractivity contribution is 7.08. The molecule has 4 heterocycles. The maximum atomic E-state index is 12.1. The van der Waals surface area contributed by atoms with E-state index in [1.165, 1.54) is 16.9 Å². The van der Waals surface area contributed by atoms with E-state index in [-0.39, 0.29) is 12.0 Å². The summed E-state index contributed by atoms with van der Waals surface area (Å²) in [6, 6.07) is 3.88. The van der Waals surface area contributed by atoms with Crippen molar-refractivity contribution >= 4 is 17.2 Å². The van der Waals surface area contributed by atoms with Gasteiger partial charge in [0.25, 0.3) is 5.91 Å². The zero-order valence-electron chi connectivity index (χ0n) is 13.5. The molecule has 2 aromatic heterocycles. The Labute approximate surface area is 145 Å². The predicted molar refractivity (Wildman–Crippen MR) is 92.0 cm³/mol. The summed E-state index contributed by atoms with van der Waals surface area (Å²) in [6.07, 6.45) is 4.82. The highest BCUT2D eigenvalue weighted by Crippen LogP contribution is 2.34. The van der Waals surface area contributed by atoms with E-state index in [1.807, 2.05) is 29.2 Å². The summed E-state index contributed by atoms with van der Waals surface area (Å²) in [5.74, 6) is 1.11. The van der Waals surface area contributed by atoms with Crippen molar-refractivity contribution in [2.45, 2.75) is 19.1 Å². The van der Waals surface area contributed by atoms with Crippen LogP contribution in [0.2, 0.25) is 0 Å². The first-order valence-corrected chi connectivity index (χ1v) is 9.39. The number of fused-ring (bicyclic) bond motifs is 1. The Kier molecular flexibility index (Phi) is 4.69. The third-order valence-corrected chi connectivity index (χ3v) is 5.81.